The number of aliphatic hydroxyl groups excluding tert-OH is 2. The number of aliphatic hydroxyl groups is 2. The zero-order valence-electron chi connectivity index (χ0n) is 15.9. The fourth-order valence-electron chi connectivity index (χ4n) is 3.96. The number of nitrogens with zero attached hydrogens (tertiary/aromatic N) is 2. The van der Waals surface area contributed by atoms with E-state index in [1.54, 1.807) is 12.1 Å². The largest absolute Gasteiger partial charge is 0.394 e. The Kier molecular flexibility index (Phi) is 5.39. The zero-order chi connectivity index (χ0) is 21.5. The lowest BCUT2D eigenvalue weighted by molar-refractivity contribution is -0.140. The van der Waals surface area contributed by atoms with Crippen molar-refractivity contribution in [3.63, 3.8) is 0 Å². The van der Waals surface area contributed by atoms with Gasteiger partial charge in [0.25, 0.3) is 5.91 Å². The van der Waals surface area contributed by atoms with Crippen LogP contribution in [0.15, 0.2) is 35.3 Å². The molecule has 0 radical (unpaired) electrons. The van der Waals surface area contributed by atoms with Crippen molar-refractivity contribution in [2.24, 2.45) is 0 Å². The van der Waals surface area contributed by atoms with Crippen LogP contribution in [0, 0.1) is 0 Å². The lowest BCUT2D eigenvalue weighted by atomic mass is 9.88. The molecule has 1 amide bonds. The highest BCUT2D eigenvalue weighted by Gasteiger charge is 2.59. The molecule has 0 spiro atoms. The van der Waals surface area contributed by atoms with Crippen molar-refractivity contribution >= 4 is 11.7 Å². The number of carbonyl (C=O) groups excluding carboxylic acids is 1. The van der Waals surface area contributed by atoms with Crippen LogP contribution in [0.2, 0.25) is 0 Å². The van der Waals surface area contributed by atoms with Crippen molar-refractivity contribution < 1.29 is 28.5 Å². The molecule has 1 aliphatic carbocycles. The lowest BCUT2D eigenvalue weighted by Gasteiger charge is -2.21. The molecule has 3 N–H and O–H groups in total. The number of benzene rings is 1. The Hall–Kier alpha value is -2.69. The number of halogens is 2. The number of nitrogens with one attached hydrogen (secondary N) is 1. The van der Waals surface area contributed by atoms with Gasteiger partial charge in [0.05, 0.1) is 6.61 Å². The van der Waals surface area contributed by atoms with Crippen LogP contribution in [0.3, 0.4) is 0 Å². The predicted octanol–water partition coefficient (Wildman–Crippen LogP) is 1.26. The van der Waals surface area contributed by atoms with Crippen molar-refractivity contribution in [3.8, 4) is 0 Å². The molecule has 0 saturated carbocycles. The van der Waals surface area contributed by atoms with Crippen molar-refractivity contribution in [2.45, 2.75) is 50.0 Å². The summed E-state index contributed by atoms with van der Waals surface area (Å²) in [7, 11) is 0. The van der Waals surface area contributed by atoms with Gasteiger partial charge in [0.2, 0.25) is 6.23 Å². The van der Waals surface area contributed by atoms with Gasteiger partial charge in [-0.05, 0) is 48.9 Å². The number of aromatic nitrogens is 2. The van der Waals surface area contributed by atoms with E-state index in [0.717, 1.165) is 43.0 Å². The van der Waals surface area contributed by atoms with Crippen molar-refractivity contribution in [1.82, 2.24) is 9.55 Å². The van der Waals surface area contributed by atoms with Crippen molar-refractivity contribution in [3.05, 3.63) is 57.6 Å². The maximum atomic E-state index is 14.3. The number of amides is 1. The summed E-state index contributed by atoms with van der Waals surface area (Å²) in [4.78, 5) is 28.7. The van der Waals surface area contributed by atoms with Gasteiger partial charge in [0, 0.05) is 11.8 Å². The molecule has 1 saturated heterocycles. The average molecular weight is 421 g/mol. The molecule has 1 unspecified atom stereocenters. The van der Waals surface area contributed by atoms with Crippen LogP contribution in [-0.2, 0) is 17.6 Å². The van der Waals surface area contributed by atoms with E-state index in [9.17, 15) is 23.5 Å². The van der Waals surface area contributed by atoms with Crippen LogP contribution >= 0.6 is 0 Å². The molecule has 2 aromatic rings. The fraction of sp³-hybridized carbons (Fsp3) is 0.450. The maximum Gasteiger partial charge on any atom is 0.351 e. The van der Waals surface area contributed by atoms with E-state index in [2.05, 4.69) is 10.3 Å². The van der Waals surface area contributed by atoms with Gasteiger partial charge in [-0.25, -0.2) is 4.79 Å². The Morgan fingerprint density at radius 2 is 2.07 bits per heavy atom. The lowest BCUT2D eigenvalue weighted by Crippen LogP contribution is -2.41. The van der Waals surface area contributed by atoms with E-state index in [-0.39, 0.29) is 5.82 Å². The number of ether oxygens (including phenoxy) is 1. The first-order valence-electron chi connectivity index (χ1n) is 9.66. The van der Waals surface area contributed by atoms with Crippen LogP contribution in [0.25, 0.3) is 0 Å². The minimum absolute atomic E-state index is 0.0877. The average Bonchev–Trinajstić information content (AvgIpc) is 2.96. The molecule has 10 heteroatoms. The summed E-state index contributed by atoms with van der Waals surface area (Å²) in [5.41, 5.74) is 1.50. The summed E-state index contributed by atoms with van der Waals surface area (Å²) >= 11 is 0. The SMILES string of the molecule is O=C(Nc1ccn(C2O[C@H](CO)[C@@H](O)C2(F)F)c(=O)n1)c1cccc2c1CCCC2. The minimum atomic E-state index is -3.80. The second-order valence-electron chi connectivity index (χ2n) is 7.44. The summed E-state index contributed by atoms with van der Waals surface area (Å²) in [5.74, 6) is -4.32. The van der Waals surface area contributed by atoms with E-state index in [1.807, 2.05) is 6.07 Å². The number of carbonyl (C=O) groups is 1. The molecule has 1 fully saturated rings. The van der Waals surface area contributed by atoms with Crippen LogP contribution in [0.1, 0.15) is 40.6 Å². The van der Waals surface area contributed by atoms with Gasteiger partial charge >= 0.3 is 11.6 Å². The van der Waals surface area contributed by atoms with Gasteiger partial charge in [0.15, 0.2) is 6.10 Å². The molecule has 1 aromatic heterocycles. The highest BCUT2D eigenvalue weighted by Crippen LogP contribution is 2.42. The first-order valence-corrected chi connectivity index (χ1v) is 9.66. The van der Waals surface area contributed by atoms with E-state index in [4.69, 9.17) is 9.84 Å². The molecular weight excluding hydrogens is 400 g/mol. The van der Waals surface area contributed by atoms with Crippen molar-refractivity contribution in [1.29, 1.82) is 0 Å². The summed E-state index contributed by atoms with van der Waals surface area (Å²) < 4.78 is 34.0. The summed E-state index contributed by atoms with van der Waals surface area (Å²) in [6, 6.07) is 6.68. The second kappa shape index (κ2) is 7.86. The molecule has 8 nitrogen and oxygen atoms in total. The van der Waals surface area contributed by atoms with E-state index >= 15 is 0 Å². The Morgan fingerprint density at radius 1 is 1.30 bits per heavy atom. The predicted molar refractivity (Wildman–Crippen MR) is 101 cm³/mol. The normalized spacial score (nSPS) is 25.0. The highest BCUT2D eigenvalue weighted by molar-refractivity contribution is 6.05. The highest BCUT2D eigenvalue weighted by atomic mass is 19.3. The number of hydrogen-bond acceptors (Lipinski definition) is 6. The third-order valence-electron chi connectivity index (χ3n) is 5.52. The molecule has 30 heavy (non-hydrogen) atoms. The van der Waals surface area contributed by atoms with Crippen LogP contribution in [0.4, 0.5) is 14.6 Å². The third kappa shape index (κ3) is 3.51. The van der Waals surface area contributed by atoms with Crippen LogP contribution < -0.4 is 11.0 Å². The van der Waals surface area contributed by atoms with E-state index < -0.39 is 42.6 Å². The van der Waals surface area contributed by atoms with E-state index in [0.29, 0.717) is 10.1 Å². The summed E-state index contributed by atoms with van der Waals surface area (Å²) in [6.07, 6.45) is -1.15. The number of anilines is 1. The Labute approximate surface area is 170 Å². The van der Waals surface area contributed by atoms with Gasteiger partial charge in [0.1, 0.15) is 11.9 Å². The molecule has 3 atom stereocenters. The molecule has 2 aliphatic rings. The van der Waals surface area contributed by atoms with Crippen LogP contribution in [-0.4, -0.2) is 50.4 Å². The Balaban J connectivity index is 1.56. The number of fused-ring (bicyclic) bond motifs is 1. The molecule has 160 valence electrons. The monoisotopic (exact) mass is 421 g/mol. The maximum absolute atomic E-state index is 14.3. The van der Waals surface area contributed by atoms with Gasteiger partial charge in [-0.3, -0.25) is 9.36 Å². The summed E-state index contributed by atoms with van der Waals surface area (Å²) in [5, 5.41) is 21.2. The number of alkyl halides is 2. The molecule has 2 heterocycles. The standard InChI is InChI=1S/C20H21F2N3O5/c21-20(22)16(27)14(10-26)30-18(20)25-9-8-15(24-19(25)29)23-17(28)13-7-3-5-11-4-1-2-6-12(11)13/h3,5,7-9,14,16,18,26-27H,1-2,4,6,10H2,(H,23,24,28,29)/t14-,16-,18?/m1/s1. The van der Waals surface area contributed by atoms with Gasteiger partial charge in [-0.1, -0.05) is 12.1 Å². The number of hydrogen-bond donors (Lipinski definition) is 3. The van der Waals surface area contributed by atoms with Gasteiger partial charge in [-0.2, -0.15) is 13.8 Å². The first-order chi connectivity index (χ1) is 14.3. The minimum Gasteiger partial charge on any atom is -0.394 e. The number of aryl methyl sites for hydroxylation is 1. The molecule has 1 aromatic carbocycles. The first kappa shape index (κ1) is 20.6. The second-order valence-corrected chi connectivity index (χ2v) is 7.44. The Morgan fingerprint density at radius 3 is 2.77 bits per heavy atom. The Bertz CT molecular complexity index is 1030. The smallest absolute Gasteiger partial charge is 0.351 e. The topological polar surface area (TPSA) is 114 Å². The fourth-order valence-corrected chi connectivity index (χ4v) is 3.96. The van der Waals surface area contributed by atoms with E-state index in [1.165, 1.54) is 6.07 Å². The number of rotatable bonds is 4. The molecule has 1 aliphatic heterocycles. The third-order valence-corrected chi connectivity index (χ3v) is 5.52. The molecule has 0 bridgehead atoms. The molecular formula is C20H21F2N3O5. The summed E-state index contributed by atoms with van der Waals surface area (Å²) in [6.45, 7) is -0.828. The van der Waals surface area contributed by atoms with Crippen molar-refractivity contribution in [2.75, 3.05) is 11.9 Å². The molecule has 4 rings (SSSR count). The quantitative estimate of drug-likeness (QED) is 0.685. The zero-order valence-corrected chi connectivity index (χ0v) is 15.9. The van der Waals surface area contributed by atoms with Crippen LogP contribution in [0.5, 0.6) is 0 Å². The van der Waals surface area contributed by atoms with Gasteiger partial charge in [-0.15, -0.1) is 0 Å². The van der Waals surface area contributed by atoms with Gasteiger partial charge < -0.3 is 20.3 Å².